The van der Waals surface area contributed by atoms with Gasteiger partial charge in [0, 0.05) is 0 Å². The Kier molecular flexibility index (Phi) is 12.3. The second-order valence-electron chi connectivity index (χ2n) is 12.8. The number of carbonyl (C=O) groups is 2. The summed E-state index contributed by atoms with van der Waals surface area (Å²) in [7, 11) is 0. The highest BCUT2D eigenvalue weighted by Crippen LogP contribution is 2.35. The van der Waals surface area contributed by atoms with Crippen molar-refractivity contribution in [2.24, 2.45) is 5.92 Å². The Morgan fingerprint density at radius 1 is 0.569 bits per heavy atom. The maximum atomic E-state index is 13.7. The standard InChI is InChI=1S/C43H42O8/c1-30(2)27-37-38(46-28-31-15-7-3-8-16-31)39(47-29-32-17-9-4-10-18-32)40(51-42(45)34-21-13-6-14-22-34)43(50-37)49-36-25-23-35(24-26-36)48-41(44)33-19-11-5-12-20-33/h3-26,30,37-40,43H,27-29H2,1-2H3. The van der Waals surface area contributed by atoms with Crippen LogP contribution in [0.4, 0.5) is 0 Å². The van der Waals surface area contributed by atoms with Crippen molar-refractivity contribution in [2.75, 3.05) is 0 Å². The van der Waals surface area contributed by atoms with E-state index in [-0.39, 0.29) is 12.5 Å². The number of esters is 2. The van der Waals surface area contributed by atoms with Crippen molar-refractivity contribution in [3.63, 3.8) is 0 Å². The first-order chi connectivity index (χ1) is 24.9. The van der Waals surface area contributed by atoms with E-state index in [0.717, 1.165) is 11.1 Å². The smallest absolute Gasteiger partial charge is 0.343 e. The fraction of sp³-hybridized carbons (Fsp3) is 0.256. The number of hydrogen-bond donors (Lipinski definition) is 0. The fourth-order valence-electron chi connectivity index (χ4n) is 5.90. The minimum Gasteiger partial charge on any atom is -0.461 e. The van der Waals surface area contributed by atoms with Gasteiger partial charge in [0.15, 0.2) is 6.10 Å². The summed E-state index contributed by atoms with van der Waals surface area (Å²) >= 11 is 0. The number of benzene rings is 5. The maximum absolute atomic E-state index is 13.7. The molecule has 0 radical (unpaired) electrons. The van der Waals surface area contributed by atoms with Crippen LogP contribution in [0, 0.1) is 5.92 Å². The quantitative estimate of drug-likeness (QED) is 0.0850. The average Bonchev–Trinajstić information content (AvgIpc) is 3.16. The largest absolute Gasteiger partial charge is 0.461 e. The molecule has 5 atom stereocenters. The monoisotopic (exact) mass is 686 g/mol. The average molecular weight is 687 g/mol. The van der Waals surface area contributed by atoms with Gasteiger partial charge in [0.2, 0.25) is 6.29 Å². The summed E-state index contributed by atoms with van der Waals surface area (Å²) < 4.78 is 38.3. The van der Waals surface area contributed by atoms with Crippen molar-refractivity contribution >= 4 is 11.9 Å². The third-order valence-corrected chi connectivity index (χ3v) is 8.41. The van der Waals surface area contributed by atoms with Crippen LogP contribution in [0.2, 0.25) is 0 Å². The molecule has 5 aromatic rings. The third kappa shape index (κ3) is 9.92. The van der Waals surface area contributed by atoms with Crippen molar-refractivity contribution in [3.05, 3.63) is 168 Å². The Bertz CT molecular complexity index is 1800. The molecule has 6 rings (SSSR count). The van der Waals surface area contributed by atoms with Crippen molar-refractivity contribution in [1.82, 2.24) is 0 Å². The van der Waals surface area contributed by atoms with Gasteiger partial charge in [0.1, 0.15) is 23.7 Å². The summed E-state index contributed by atoms with van der Waals surface area (Å²) in [6, 6.07) is 43.9. The highest BCUT2D eigenvalue weighted by molar-refractivity contribution is 5.91. The molecule has 1 heterocycles. The molecule has 0 spiro atoms. The molecule has 5 unspecified atom stereocenters. The highest BCUT2D eigenvalue weighted by atomic mass is 16.7. The second-order valence-corrected chi connectivity index (χ2v) is 12.8. The van der Waals surface area contributed by atoms with Gasteiger partial charge in [-0.25, -0.2) is 9.59 Å². The van der Waals surface area contributed by atoms with E-state index in [4.69, 9.17) is 28.4 Å². The predicted octanol–water partition coefficient (Wildman–Crippen LogP) is 8.45. The van der Waals surface area contributed by atoms with Crippen LogP contribution in [-0.4, -0.2) is 42.6 Å². The van der Waals surface area contributed by atoms with E-state index in [9.17, 15) is 9.59 Å². The molecular weight excluding hydrogens is 644 g/mol. The van der Waals surface area contributed by atoms with Gasteiger partial charge >= 0.3 is 11.9 Å². The number of hydrogen-bond acceptors (Lipinski definition) is 8. The first kappa shape index (κ1) is 35.5. The van der Waals surface area contributed by atoms with Crippen molar-refractivity contribution in [2.45, 2.75) is 64.2 Å². The molecular formula is C43H42O8. The van der Waals surface area contributed by atoms with E-state index in [1.807, 2.05) is 72.8 Å². The number of carbonyl (C=O) groups excluding carboxylic acids is 2. The van der Waals surface area contributed by atoms with Crippen LogP contribution in [0.3, 0.4) is 0 Å². The topological polar surface area (TPSA) is 89.5 Å². The van der Waals surface area contributed by atoms with Crippen LogP contribution in [0.25, 0.3) is 0 Å². The zero-order chi connectivity index (χ0) is 35.4. The molecule has 8 heteroatoms. The number of ether oxygens (including phenoxy) is 6. The van der Waals surface area contributed by atoms with Gasteiger partial charge in [0.25, 0.3) is 0 Å². The van der Waals surface area contributed by atoms with Crippen molar-refractivity contribution in [3.8, 4) is 11.5 Å². The van der Waals surface area contributed by atoms with Gasteiger partial charge in [-0.2, -0.15) is 0 Å². The van der Waals surface area contributed by atoms with E-state index >= 15 is 0 Å². The predicted molar refractivity (Wildman–Crippen MR) is 192 cm³/mol. The molecule has 1 aliphatic heterocycles. The molecule has 0 aromatic heterocycles. The van der Waals surface area contributed by atoms with E-state index < -0.39 is 42.6 Å². The molecule has 1 fully saturated rings. The van der Waals surface area contributed by atoms with Gasteiger partial charge in [-0.05, 0) is 72.0 Å². The summed E-state index contributed by atoms with van der Waals surface area (Å²) in [5, 5.41) is 0. The lowest BCUT2D eigenvalue weighted by Gasteiger charge is -2.46. The summed E-state index contributed by atoms with van der Waals surface area (Å²) in [6.07, 6.45) is -3.28. The molecule has 0 bridgehead atoms. The summed E-state index contributed by atoms with van der Waals surface area (Å²) in [5.41, 5.74) is 2.77. The van der Waals surface area contributed by atoms with Gasteiger partial charge in [0.05, 0.1) is 30.4 Å². The Hall–Kier alpha value is -5.28. The molecule has 0 amide bonds. The van der Waals surface area contributed by atoms with Crippen LogP contribution in [-0.2, 0) is 32.2 Å². The first-order valence-electron chi connectivity index (χ1n) is 17.2. The Labute approximate surface area is 298 Å². The molecule has 8 nitrogen and oxygen atoms in total. The van der Waals surface area contributed by atoms with Gasteiger partial charge in [-0.3, -0.25) is 0 Å². The minimum atomic E-state index is -1.06. The Morgan fingerprint density at radius 2 is 1.04 bits per heavy atom. The summed E-state index contributed by atoms with van der Waals surface area (Å²) in [6.45, 7) is 4.79. The Balaban J connectivity index is 1.31. The first-order valence-corrected chi connectivity index (χ1v) is 17.2. The van der Waals surface area contributed by atoms with E-state index in [1.165, 1.54) is 0 Å². The zero-order valence-electron chi connectivity index (χ0n) is 28.7. The molecule has 0 saturated carbocycles. The van der Waals surface area contributed by atoms with Crippen molar-refractivity contribution < 1.29 is 38.0 Å². The van der Waals surface area contributed by atoms with Gasteiger partial charge in [-0.15, -0.1) is 0 Å². The minimum absolute atomic E-state index is 0.246. The highest BCUT2D eigenvalue weighted by Gasteiger charge is 2.51. The molecule has 0 N–H and O–H groups in total. The third-order valence-electron chi connectivity index (χ3n) is 8.41. The van der Waals surface area contributed by atoms with Gasteiger partial charge in [-0.1, -0.05) is 111 Å². The second kappa shape index (κ2) is 17.6. The Morgan fingerprint density at radius 3 is 1.57 bits per heavy atom. The van der Waals surface area contributed by atoms with E-state index in [1.54, 1.807) is 72.8 Å². The molecule has 262 valence electrons. The lowest BCUT2D eigenvalue weighted by atomic mass is 9.92. The molecule has 1 aliphatic rings. The van der Waals surface area contributed by atoms with Crippen LogP contribution in [0.1, 0.15) is 52.1 Å². The molecule has 1 saturated heterocycles. The summed E-state index contributed by atoms with van der Waals surface area (Å²) in [5.74, 6) is 0.0101. The van der Waals surface area contributed by atoms with Crippen LogP contribution >= 0.6 is 0 Å². The summed E-state index contributed by atoms with van der Waals surface area (Å²) in [4.78, 5) is 26.3. The lowest BCUT2D eigenvalue weighted by Crippen LogP contribution is -2.62. The molecule has 5 aromatic carbocycles. The van der Waals surface area contributed by atoms with E-state index in [2.05, 4.69) is 13.8 Å². The van der Waals surface area contributed by atoms with E-state index in [0.29, 0.717) is 35.7 Å². The lowest BCUT2D eigenvalue weighted by molar-refractivity contribution is -0.294. The maximum Gasteiger partial charge on any atom is 0.343 e. The van der Waals surface area contributed by atoms with Crippen LogP contribution in [0.5, 0.6) is 11.5 Å². The van der Waals surface area contributed by atoms with Crippen LogP contribution in [0.15, 0.2) is 146 Å². The molecule has 51 heavy (non-hydrogen) atoms. The number of rotatable bonds is 14. The zero-order valence-corrected chi connectivity index (χ0v) is 28.7. The molecule has 0 aliphatic carbocycles. The van der Waals surface area contributed by atoms with Crippen molar-refractivity contribution in [1.29, 1.82) is 0 Å². The van der Waals surface area contributed by atoms with Crippen LogP contribution < -0.4 is 9.47 Å². The fourth-order valence-corrected chi connectivity index (χ4v) is 5.90. The normalized spacial score (nSPS) is 20.0. The van der Waals surface area contributed by atoms with Gasteiger partial charge < -0.3 is 28.4 Å². The SMILES string of the molecule is CC(C)CC1OC(Oc2ccc(OC(=O)c3ccccc3)cc2)C(OC(=O)c2ccccc2)C(OCc2ccccc2)C1OCc1ccccc1.